The number of hydrogen-bond acceptors (Lipinski definition) is 4. The smallest absolute Gasteiger partial charge is 0.189 e. The molecule has 0 atom stereocenters. The quantitative estimate of drug-likeness (QED) is 0.495. The lowest BCUT2D eigenvalue weighted by atomic mass is 10.3. The van der Waals surface area contributed by atoms with Crippen molar-refractivity contribution in [2.24, 2.45) is 5.10 Å². The van der Waals surface area contributed by atoms with Gasteiger partial charge in [-0.3, -0.25) is 10.4 Å². The summed E-state index contributed by atoms with van der Waals surface area (Å²) in [4.78, 5) is 8.68. The molecule has 6 heteroatoms. The van der Waals surface area contributed by atoms with Gasteiger partial charge in [-0.1, -0.05) is 6.07 Å². The van der Waals surface area contributed by atoms with Crippen LogP contribution in [0.1, 0.15) is 12.6 Å². The monoisotopic (exact) mass is 277 g/mol. The summed E-state index contributed by atoms with van der Waals surface area (Å²) in [6.07, 6.45) is 1.76. The van der Waals surface area contributed by atoms with E-state index in [1.165, 1.54) is 0 Å². The largest absolute Gasteiger partial charge is 0.345 e. The van der Waals surface area contributed by atoms with Gasteiger partial charge < -0.3 is 9.80 Å². The number of pyridine rings is 1. The fourth-order valence-corrected chi connectivity index (χ4v) is 2.07. The fourth-order valence-electron chi connectivity index (χ4n) is 1.85. The van der Waals surface area contributed by atoms with Crippen LogP contribution in [0.15, 0.2) is 29.5 Å². The molecule has 0 spiro atoms. The van der Waals surface area contributed by atoms with Crippen molar-refractivity contribution in [1.82, 2.24) is 20.2 Å². The van der Waals surface area contributed by atoms with Crippen LogP contribution in [0.4, 0.5) is 0 Å². The van der Waals surface area contributed by atoms with Crippen molar-refractivity contribution in [3.63, 3.8) is 0 Å². The number of aromatic nitrogens is 1. The minimum atomic E-state index is 0.684. The van der Waals surface area contributed by atoms with Crippen molar-refractivity contribution in [2.75, 3.05) is 33.2 Å². The van der Waals surface area contributed by atoms with E-state index in [2.05, 4.69) is 32.4 Å². The van der Waals surface area contributed by atoms with Gasteiger partial charge in [-0.25, -0.2) is 0 Å². The molecule has 0 saturated carbocycles. The van der Waals surface area contributed by atoms with Crippen LogP contribution in [0.2, 0.25) is 0 Å². The Morgan fingerprint density at radius 3 is 2.68 bits per heavy atom. The second-order valence-electron chi connectivity index (χ2n) is 4.62. The molecule has 2 rings (SSSR count). The van der Waals surface area contributed by atoms with E-state index in [1.807, 2.05) is 25.1 Å². The Balaban J connectivity index is 1.89. The van der Waals surface area contributed by atoms with Gasteiger partial charge in [0.25, 0.3) is 0 Å². The van der Waals surface area contributed by atoms with Crippen LogP contribution in [0.5, 0.6) is 0 Å². The Morgan fingerprint density at radius 1 is 1.32 bits per heavy atom. The molecule has 1 N–H and O–H groups in total. The first-order chi connectivity index (χ1) is 9.16. The van der Waals surface area contributed by atoms with Crippen LogP contribution in [0.25, 0.3) is 0 Å². The predicted molar refractivity (Wildman–Crippen MR) is 81.3 cm³/mol. The number of rotatable bonds is 2. The van der Waals surface area contributed by atoms with E-state index < -0.39 is 0 Å². The average Bonchev–Trinajstić information content (AvgIpc) is 2.46. The number of hydrazone groups is 1. The summed E-state index contributed by atoms with van der Waals surface area (Å²) in [7, 11) is 2.12. The molecule has 1 fully saturated rings. The van der Waals surface area contributed by atoms with Crippen LogP contribution >= 0.6 is 12.2 Å². The van der Waals surface area contributed by atoms with Gasteiger partial charge in [0.1, 0.15) is 0 Å². The molecule has 0 aliphatic carbocycles. The first-order valence-electron chi connectivity index (χ1n) is 6.36. The topological polar surface area (TPSA) is 43.8 Å². The van der Waals surface area contributed by atoms with Gasteiger partial charge in [0, 0.05) is 32.4 Å². The maximum absolute atomic E-state index is 5.35. The van der Waals surface area contributed by atoms with Crippen molar-refractivity contribution >= 4 is 23.0 Å². The van der Waals surface area contributed by atoms with Gasteiger partial charge in [-0.15, -0.1) is 0 Å². The standard InChI is InChI=1S/C13H19N5S/c1-11(12-5-3-4-6-14-12)15-16-13(19)18-9-7-17(2)8-10-18/h3-6H,7-10H2,1-2H3,(H,16,19)/b15-11+. The summed E-state index contributed by atoms with van der Waals surface area (Å²) < 4.78 is 0. The normalized spacial score (nSPS) is 17.4. The molecule has 0 unspecified atom stereocenters. The second kappa shape index (κ2) is 6.58. The number of piperazine rings is 1. The Kier molecular flexibility index (Phi) is 4.81. The van der Waals surface area contributed by atoms with Crippen molar-refractivity contribution in [3.8, 4) is 0 Å². The van der Waals surface area contributed by atoms with Crippen molar-refractivity contribution in [2.45, 2.75) is 6.92 Å². The maximum Gasteiger partial charge on any atom is 0.189 e. The number of thiocarbonyl (C=S) groups is 1. The molecule has 0 amide bonds. The van der Waals surface area contributed by atoms with E-state index in [-0.39, 0.29) is 0 Å². The molecule has 2 heterocycles. The molecular formula is C13H19N5S. The lowest BCUT2D eigenvalue weighted by Gasteiger charge is -2.33. The van der Waals surface area contributed by atoms with Crippen molar-refractivity contribution < 1.29 is 0 Å². The third-order valence-corrected chi connectivity index (χ3v) is 3.49. The van der Waals surface area contributed by atoms with Crippen molar-refractivity contribution in [3.05, 3.63) is 30.1 Å². The molecule has 1 saturated heterocycles. The fraction of sp³-hybridized carbons (Fsp3) is 0.462. The third-order valence-electron chi connectivity index (χ3n) is 3.15. The molecule has 1 aromatic heterocycles. The van der Waals surface area contributed by atoms with Gasteiger partial charge in [0.2, 0.25) is 0 Å². The first kappa shape index (κ1) is 13.9. The summed E-state index contributed by atoms with van der Waals surface area (Å²) in [5, 5.41) is 4.98. The number of nitrogens with one attached hydrogen (secondary N) is 1. The van der Waals surface area contributed by atoms with Crippen LogP contribution in [-0.4, -0.2) is 58.8 Å². The first-order valence-corrected chi connectivity index (χ1v) is 6.77. The highest BCUT2D eigenvalue weighted by atomic mass is 32.1. The minimum absolute atomic E-state index is 0.684. The zero-order chi connectivity index (χ0) is 13.7. The summed E-state index contributed by atoms with van der Waals surface area (Å²) in [6, 6.07) is 5.76. The molecule has 1 aliphatic heterocycles. The van der Waals surface area contributed by atoms with Gasteiger partial charge >= 0.3 is 0 Å². The van der Waals surface area contributed by atoms with Crippen LogP contribution < -0.4 is 5.43 Å². The summed E-state index contributed by atoms with van der Waals surface area (Å²) in [5.41, 5.74) is 4.64. The van der Waals surface area contributed by atoms with Gasteiger partial charge in [0.15, 0.2) is 5.11 Å². The SMILES string of the molecule is C/C(=N\NC(=S)N1CCN(C)CC1)c1ccccn1. The number of likely N-dealkylation sites (N-methyl/N-ethyl adjacent to an activating group) is 1. The van der Waals surface area contributed by atoms with E-state index in [9.17, 15) is 0 Å². The van der Waals surface area contributed by atoms with E-state index in [4.69, 9.17) is 12.2 Å². The maximum atomic E-state index is 5.35. The predicted octanol–water partition coefficient (Wildman–Crippen LogP) is 0.927. The molecule has 5 nitrogen and oxygen atoms in total. The van der Waals surface area contributed by atoms with Gasteiger partial charge in [0.05, 0.1) is 11.4 Å². The minimum Gasteiger partial charge on any atom is -0.345 e. The lowest BCUT2D eigenvalue weighted by molar-refractivity contribution is 0.214. The Morgan fingerprint density at radius 2 is 2.05 bits per heavy atom. The second-order valence-corrected chi connectivity index (χ2v) is 5.01. The highest BCUT2D eigenvalue weighted by Gasteiger charge is 2.15. The summed E-state index contributed by atoms with van der Waals surface area (Å²) >= 11 is 5.35. The van der Waals surface area contributed by atoms with E-state index in [0.29, 0.717) is 5.11 Å². The molecule has 1 aromatic rings. The number of hydrogen-bond donors (Lipinski definition) is 1. The molecule has 1 aliphatic rings. The number of nitrogens with zero attached hydrogens (tertiary/aromatic N) is 4. The van der Waals surface area contributed by atoms with Crippen LogP contribution in [0, 0.1) is 0 Å². The third kappa shape index (κ3) is 3.97. The lowest BCUT2D eigenvalue weighted by Crippen LogP contribution is -2.49. The average molecular weight is 277 g/mol. The molecule has 0 aromatic carbocycles. The van der Waals surface area contributed by atoms with E-state index in [0.717, 1.165) is 37.6 Å². The molecule has 19 heavy (non-hydrogen) atoms. The molecule has 102 valence electrons. The van der Waals surface area contributed by atoms with E-state index >= 15 is 0 Å². The van der Waals surface area contributed by atoms with Crippen LogP contribution in [-0.2, 0) is 0 Å². The molecular weight excluding hydrogens is 258 g/mol. The summed E-state index contributed by atoms with van der Waals surface area (Å²) in [5.74, 6) is 0. The van der Waals surface area contributed by atoms with E-state index in [1.54, 1.807) is 6.20 Å². The van der Waals surface area contributed by atoms with Crippen molar-refractivity contribution in [1.29, 1.82) is 0 Å². The van der Waals surface area contributed by atoms with Gasteiger partial charge in [-0.05, 0) is 38.3 Å². The highest BCUT2D eigenvalue weighted by Crippen LogP contribution is 2.00. The molecule has 0 radical (unpaired) electrons. The van der Waals surface area contributed by atoms with Gasteiger partial charge in [-0.2, -0.15) is 5.10 Å². The Hall–Kier alpha value is -1.53. The molecule has 0 bridgehead atoms. The highest BCUT2D eigenvalue weighted by molar-refractivity contribution is 7.80. The Labute approximate surface area is 119 Å². The Bertz CT molecular complexity index is 451. The van der Waals surface area contributed by atoms with Crippen LogP contribution in [0.3, 0.4) is 0 Å². The zero-order valence-corrected chi connectivity index (χ0v) is 12.2. The zero-order valence-electron chi connectivity index (χ0n) is 11.3. The summed E-state index contributed by atoms with van der Waals surface area (Å²) in [6.45, 7) is 5.87.